The lowest BCUT2D eigenvalue weighted by Gasteiger charge is -2.37. The van der Waals surface area contributed by atoms with Gasteiger partial charge < -0.3 is 10.6 Å². The minimum Gasteiger partial charge on any atom is -0.371 e. The third-order valence-corrected chi connectivity index (χ3v) is 3.22. The maximum Gasteiger partial charge on any atom is 0.126 e. The highest BCUT2D eigenvalue weighted by atomic mass is 19.1. The van der Waals surface area contributed by atoms with Crippen LogP contribution in [0.1, 0.15) is 12.8 Å². The van der Waals surface area contributed by atoms with Gasteiger partial charge >= 0.3 is 0 Å². The molecule has 2 rings (SSSR count). The fraction of sp³-hybridized carbons (Fsp3) is 0.500. The molecule has 1 heterocycles. The number of alkyl halides is 1. The van der Waals surface area contributed by atoms with Crippen molar-refractivity contribution in [2.75, 3.05) is 24.5 Å². The Bertz CT molecular complexity index is 343. The van der Waals surface area contributed by atoms with Crippen LogP contribution in [0.25, 0.3) is 0 Å². The second-order valence-electron chi connectivity index (χ2n) is 4.32. The van der Waals surface area contributed by atoms with Crippen LogP contribution in [0.15, 0.2) is 24.3 Å². The molecular formula is C12H16F2N2. The molecule has 1 aliphatic heterocycles. The van der Waals surface area contributed by atoms with E-state index in [1.165, 1.54) is 12.1 Å². The van der Waals surface area contributed by atoms with E-state index in [0.29, 0.717) is 25.9 Å². The average Bonchev–Trinajstić information content (AvgIpc) is 2.32. The van der Waals surface area contributed by atoms with E-state index in [1.54, 1.807) is 12.1 Å². The van der Waals surface area contributed by atoms with E-state index < -0.39 is 5.67 Å². The van der Waals surface area contributed by atoms with Crippen LogP contribution in [-0.2, 0) is 0 Å². The van der Waals surface area contributed by atoms with Crippen LogP contribution in [0.2, 0.25) is 0 Å². The number of anilines is 1. The zero-order chi connectivity index (χ0) is 11.6. The van der Waals surface area contributed by atoms with Crippen LogP contribution in [0.4, 0.5) is 14.5 Å². The van der Waals surface area contributed by atoms with Crippen molar-refractivity contribution < 1.29 is 8.78 Å². The zero-order valence-electron chi connectivity index (χ0n) is 9.13. The molecule has 2 nitrogen and oxygen atoms in total. The molecule has 2 N–H and O–H groups in total. The predicted octanol–water partition coefficient (Wildman–Crippen LogP) is 2.09. The number of rotatable bonds is 2. The molecule has 0 saturated carbocycles. The number of hydrogen-bond donors (Lipinski definition) is 1. The Morgan fingerprint density at radius 2 is 1.75 bits per heavy atom. The minimum atomic E-state index is -1.21. The first-order chi connectivity index (χ1) is 7.63. The third-order valence-electron chi connectivity index (χ3n) is 3.22. The molecular weight excluding hydrogens is 210 g/mol. The van der Waals surface area contributed by atoms with E-state index >= 15 is 0 Å². The molecule has 0 atom stereocenters. The Kier molecular flexibility index (Phi) is 3.10. The van der Waals surface area contributed by atoms with Crippen LogP contribution in [0.5, 0.6) is 0 Å². The first-order valence-electron chi connectivity index (χ1n) is 5.52. The molecule has 0 unspecified atom stereocenters. The molecule has 0 aromatic heterocycles. The summed E-state index contributed by atoms with van der Waals surface area (Å²) < 4.78 is 26.6. The summed E-state index contributed by atoms with van der Waals surface area (Å²) in [4.78, 5) is 2.06. The van der Waals surface area contributed by atoms with Gasteiger partial charge in [0.2, 0.25) is 0 Å². The van der Waals surface area contributed by atoms with Gasteiger partial charge in [-0.05, 0) is 24.3 Å². The topological polar surface area (TPSA) is 29.3 Å². The van der Waals surface area contributed by atoms with Crippen molar-refractivity contribution in [1.82, 2.24) is 0 Å². The highest BCUT2D eigenvalue weighted by Crippen LogP contribution is 2.28. The number of nitrogens with two attached hydrogens (primary N) is 1. The van der Waals surface area contributed by atoms with E-state index in [9.17, 15) is 8.78 Å². The minimum absolute atomic E-state index is 0.0876. The van der Waals surface area contributed by atoms with Gasteiger partial charge in [0.15, 0.2) is 0 Å². The molecule has 1 aromatic carbocycles. The Balaban J connectivity index is 2.01. The molecule has 16 heavy (non-hydrogen) atoms. The van der Waals surface area contributed by atoms with Crippen molar-refractivity contribution in [1.29, 1.82) is 0 Å². The summed E-state index contributed by atoms with van der Waals surface area (Å²) in [6, 6.07) is 6.30. The van der Waals surface area contributed by atoms with Gasteiger partial charge in [0, 0.05) is 38.2 Å². The maximum absolute atomic E-state index is 13.8. The van der Waals surface area contributed by atoms with Crippen LogP contribution in [0.3, 0.4) is 0 Å². The molecule has 1 fully saturated rings. The van der Waals surface area contributed by atoms with Crippen LogP contribution in [0, 0.1) is 5.82 Å². The van der Waals surface area contributed by atoms with Gasteiger partial charge in [-0.3, -0.25) is 0 Å². The lowest BCUT2D eigenvalue weighted by Crippen LogP contribution is -2.45. The number of hydrogen-bond acceptors (Lipinski definition) is 2. The van der Waals surface area contributed by atoms with Crippen molar-refractivity contribution >= 4 is 5.69 Å². The molecule has 4 heteroatoms. The van der Waals surface area contributed by atoms with E-state index in [0.717, 1.165) is 5.69 Å². The summed E-state index contributed by atoms with van der Waals surface area (Å²) in [6.07, 6.45) is 0.891. The molecule has 0 aliphatic carbocycles. The van der Waals surface area contributed by atoms with Crippen molar-refractivity contribution in [2.45, 2.75) is 18.5 Å². The maximum atomic E-state index is 13.8. The third kappa shape index (κ3) is 2.32. The first-order valence-corrected chi connectivity index (χ1v) is 5.52. The number of benzene rings is 1. The molecule has 0 bridgehead atoms. The number of piperidine rings is 1. The number of halogens is 2. The average molecular weight is 226 g/mol. The van der Waals surface area contributed by atoms with Crippen LogP contribution in [-0.4, -0.2) is 25.3 Å². The lowest BCUT2D eigenvalue weighted by atomic mass is 9.93. The molecule has 1 aliphatic rings. The monoisotopic (exact) mass is 226 g/mol. The van der Waals surface area contributed by atoms with Crippen molar-refractivity contribution in [3.05, 3.63) is 30.1 Å². The van der Waals surface area contributed by atoms with Crippen LogP contribution >= 0.6 is 0 Å². The summed E-state index contributed by atoms with van der Waals surface area (Å²) in [7, 11) is 0. The van der Waals surface area contributed by atoms with Crippen molar-refractivity contribution in [3.63, 3.8) is 0 Å². The second-order valence-corrected chi connectivity index (χ2v) is 4.32. The quantitative estimate of drug-likeness (QED) is 0.836. The van der Waals surface area contributed by atoms with Gasteiger partial charge in [-0.2, -0.15) is 0 Å². The van der Waals surface area contributed by atoms with E-state index in [4.69, 9.17) is 5.73 Å². The van der Waals surface area contributed by atoms with Gasteiger partial charge in [0.25, 0.3) is 0 Å². The zero-order valence-corrected chi connectivity index (χ0v) is 9.13. The fourth-order valence-corrected chi connectivity index (χ4v) is 2.02. The summed E-state index contributed by atoms with van der Waals surface area (Å²) in [6.45, 7) is 1.36. The van der Waals surface area contributed by atoms with Gasteiger partial charge in [-0.15, -0.1) is 0 Å². The standard InChI is InChI=1S/C12H16F2N2/c13-10-1-3-11(4-2-10)16-7-5-12(14,9-15)6-8-16/h1-4H,5-9,15H2. The molecule has 1 saturated heterocycles. The predicted molar refractivity (Wildman–Crippen MR) is 60.7 cm³/mol. The first kappa shape index (κ1) is 11.3. The molecule has 0 amide bonds. The van der Waals surface area contributed by atoms with Gasteiger partial charge in [-0.25, -0.2) is 8.78 Å². The largest absolute Gasteiger partial charge is 0.371 e. The summed E-state index contributed by atoms with van der Waals surface area (Å²) in [5.74, 6) is -0.248. The Labute approximate surface area is 94.0 Å². The molecule has 1 aromatic rings. The Morgan fingerprint density at radius 3 is 2.25 bits per heavy atom. The molecule has 0 spiro atoms. The molecule has 88 valence electrons. The lowest BCUT2D eigenvalue weighted by molar-refractivity contribution is 0.135. The number of nitrogens with zero attached hydrogens (tertiary/aromatic N) is 1. The van der Waals surface area contributed by atoms with Crippen molar-refractivity contribution in [3.8, 4) is 0 Å². The summed E-state index contributed by atoms with van der Waals surface area (Å²) in [5.41, 5.74) is 5.13. The van der Waals surface area contributed by atoms with Gasteiger partial charge in [0.1, 0.15) is 11.5 Å². The van der Waals surface area contributed by atoms with E-state index in [1.807, 2.05) is 0 Å². The van der Waals surface area contributed by atoms with Crippen LogP contribution < -0.4 is 10.6 Å². The SMILES string of the molecule is NCC1(F)CCN(c2ccc(F)cc2)CC1. The Hall–Kier alpha value is -1.16. The van der Waals surface area contributed by atoms with E-state index in [-0.39, 0.29) is 12.4 Å². The highest BCUT2D eigenvalue weighted by molar-refractivity contribution is 5.46. The van der Waals surface area contributed by atoms with Gasteiger partial charge in [0.05, 0.1) is 0 Å². The van der Waals surface area contributed by atoms with Crippen molar-refractivity contribution in [2.24, 2.45) is 5.73 Å². The van der Waals surface area contributed by atoms with E-state index in [2.05, 4.69) is 4.90 Å². The fourth-order valence-electron chi connectivity index (χ4n) is 2.02. The smallest absolute Gasteiger partial charge is 0.126 e. The normalized spacial score (nSPS) is 19.8. The second kappa shape index (κ2) is 4.37. The summed E-state index contributed by atoms with van der Waals surface area (Å²) >= 11 is 0. The Morgan fingerprint density at radius 1 is 1.19 bits per heavy atom. The molecule has 0 radical (unpaired) electrons. The summed E-state index contributed by atoms with van der Waals surface area (Å²) in [5, 5.41) is 0. The van der Waals surface area contributed by atoms with Gasteiger partial charge in [-0.1, -0.05) is 0 Å². The highest BCUT2D eigenvalue weighted by Gasteiger charge is 2.32.